The van der Waals surface area contributed by atoms with Crippen LogP contribution < -0.4 is 10.5 Å². The van der Waals surface area contributed by atoms with Crippen molar-refractivity contribution in [2.24, 2.45) is 0 Å². The lowest BCUT2D eigenvalue weighted by atomic mass is 10.0. The minimum Gasteiger partial charge on any atom is -0.496 e. The Hall–Kier alpha value is -1.22. The number of hydrogen-bond donors (Lipinski definition) is 1. The summed E-state index contributed by atoms with van der Waals surface area (Å²) in [7, 11) is 3.87. The van der Waals surface area contributed by atoms with E-state index in [2.05, 4.69) is 11.9 Å². The van der Waals surface area contributed by atoms with Gasteiger partial charge in [-0.25, -0.2) is 0 Å². The van der Waals surface area contributed by atoms with Crippen LogP contribution in [-0.4, -0.2) is 25.6 Å². The predicted octanol–water partition coefficient (Wildman–Crippen LogP) is 2.04. The molecular weight excluding hydrogens is 188 g/mol. The lowest BCUT2D eigenvalue weighted by Crippen LogP contribution is -2.18. The first-order valence-corrected chi connectivity index (χ1v) is 5.36. The van der Waals surface area contributed by atoms with Gasteiger partial charge >= 0.3 is 0 Å². The largest absolute Gasteiger partial charge is 0.496 e. The Morgan fingerprint density at radius 1 is 1.47 bits per heavy atom. The van der Waals surface area contributed by atoms with Crippen molar-refractivity contribution in [3.05, 3.63) is 23.8 Å². The van der Waals surface area contributed by atoms with E-state index in [9.17, 15) is 0 Å². The minimum atomic E-state index is 0.462. The van der Waals surface area contributed by atoms with Crippen molar-refractivity contribution in [3.63, 3.8) is 0 Å². The molecule has 1 aromatic rings. The molecule has 1 aromatic carbocycles. The smallest absolute Gasteiger partial charge is 0.123 e. The van der Waals surface area contributed by atoms with Crippen LogP contribution in [0, 0.1) is 0 Å². The highest BCUT2D eigenvalue weighted by Gasteiger charge is 2.25. The zero-order valence-electron chi connectivity index (χ0n) is 9.36. The minimum absolute atomic E-state index is 0.462. The number of benzene rings is 1. The van der Waals surface area contributed by atoms with Gasteiger partial charge < -0.3 is 10.5 Å². The van der Waals surface area contributed by atoms with Gasteiger partial charge in [-0.1, -0.05) is 0 Å². The second-order valence-corrected chi connectivity index (χ2v) is 4.14. The number of hydrogen-bond acceptors (Lipinski definition) is 3. The molecule has 1 heterocycles. The molecule has 0 aromatic heterocycles. The number of nitrogens with zero attached hydrogens (tertiary/aromatic N) is 1. The standard InChI is InChI=1S/C12H18N2O/c1-14-7-3-4-11(14)10-8-9(13)5-6-12(10)15-2/h5-6,8,11H,3-4,7,13H2,1-2H3. The molecule has 1 unspecified atom stereocenters. The maximum Gasteiger partial charge on any atom is 0.123 e. The summed E-state index contributed by atoms with van der Waals surface area (Å²) in [6.07, 6.45) is 2.44. The maximum atomic E-state index is 5.82. The Bertz CT molecular complexity index is 351. The van der Waals surface area contributed by atoms with Gasteiger partial charge in [0.2, 0.25) is 0 Å². The Morgan fingerprint density at radius 3 is 2.87 bits per heavy atom. The number of nitrogens with two attached hydrogens (primary N) is 1. The van der Waals surface area contributed by atoms with Crippen LogP contribution in [0.3, 0.4) is 0 Å². The van der Waals surface area contributed by atoms with Gasteiger partial charge in [-0.15, -0.1) is 0 Å². The molecule has 3 heteroatoms. The van der Waals surface area contributed by atoms with Crippen LogP contribution in [0.2, 0.25) is 0 Å². The van der Waals surface area contributed by atoms with E-state index in [1.807, 2.05) is 18.2 Å². The summed E-state index contributed by atoms with van der Waals surface area (Å²) in [5, 5.41) is 0. The SMILES string of the molecule is COc1ccc(N)cc1C1CCCN1C. The fraction of sp³-hybridized carbons (Fsp3) is 0.500. The summed E-state index contributed by atoms with van der Waals surface area (Å²) in [4.78, 5) is 2.36. The number of nitrogen functional groups attached to an aromatic ring is 1. The zero-order valence-corrected chi connectivity index (χ0v) is 9.36. The molecule has 1 fully saturated rings. The van der Waals surface area contributed by atoms with Crippen molar-refractivity contribution in [3.8, 4) is 5.75 Å². The molecule has 0 bridgehead atoms. The van der Waals surface area contributed by atoms with Gasteiger partial charge in [0, 0.05) is 17.3 Å². The molecule has 0 spiro atoms. The summed E-state index contributed by atoms with van der Waals surface area (Å²) in [5.74, 6) is 0.947. The number of methoxy groups -OCH3 is 1. The molecule has 1 aliphatic heterocycles. The van der Waals surface area contributed by atoms with Crippen molar-refractivity contribution in [1.29, 1.82) is 0 Å². The average Bonchev–Trinajstić information content (AvgIpc) is 2.64. The van der Waals surface area contributed by atoms with Gasteiger partial charge in [-0.05, 0) is 44.6 Å². The Labute approximate surface area is 90.8 Å². The van der Waals surface area contributed by atoms with Gasteiger partial charge in [0.1, 0.15) is 5.75 Å². The van der Waals surface area contributed by atoms with E-state index in [1.54, 1.807) is 7.11 Å². The van der Waals surface area contributed by atoms with Crippen molar-refractivity contribution in [2.45, 2.75) is 18.9 Å². The van der Waals surface area contributed by atoms with E-state index in [0.29, 0.717) is 6.04 Å². The molecule has 1 saturated heterocycles. The molecule has 0 saturated carbocycles. The summed E-state index contributed by atoms with van der Waals surface area (Å²) < 4.78 is 5.38. The van der Waals surface area contributed by atoms with Crippen LogP contribution in [0.15, 0.2) is 18.2 Å². The second kappa shape index (κ2) is 4.11. The predicted molar refractivity (Wildman–Crippen MR) is 62.0 cm³/mol. The van der Waals surface area contributed by atoms with Crippen LogP contribution >= 0.6 is 0 Å². The summed E-state index contributed by atoms with van der Waals surface area (Å²) >= 11 is 0. The topological polar surface area (TPSA) is 38.5 Å². The van der Waals surface area contributed by atoms with Crippen LogP contribution in [0.4, 0.5) is 5.69 Å². The molecule has 3 nitrogen and oxygen atoms in total. The molecule has 15 heavy (non-hydrogen) atoms. The number of likely N-dealkylation sites (tertiary alicyclic amines) is 1. The lowest BCUT2D eigenvalue weighted by molar-refractivity contribution is 0.306. The molecule has 1 atom stereocenters. The molecule has 0 amide bonds. The van der Waals surface area contributed by atoms with Gasteiger partial charge in [0.05, 0.1) is 7.11 Å². The lowest BCUT2D eigenvalue weighted by Gasteiger charge is -2.22. The van der Waals surface area contributed by atoms with E-state index in [-0.39, 0.29) is 0 Å². The van der Waals surface area contributed by atoms with Crippen LogP contribution in [0.25, 0.3) is 0 Å². The zero-order chi connectivity index (χ0) is 10.8. The molecule has 2 rings (SSSR count). The van der Waals surface area contributed by atoms with Crippen molar-refractivity contribution in [1.82, 2.24) is 4.90 Å². The summed E-state index contributed by atoms with van der Waals surface area (Å²) in [6.45, 7) is 1.16. The first kappa shape index (κ1) is 10.3. The Kier molecular flexibility index (Phi) is 2.82. The quantitative estimate of drug-likeness (QED) is 0.753. The van der Waals surface area contributed by atoms with E-state index in [4.69, 9.17) is 10.5 Å². The van der Waals surface area contributed by atoms with Crippen LogP contribution in [0.5, 0.6) is 5.75 Å². The maximum absolute atomic E-state index is 5.82. The highest BCUT2D eigenvalue weighted by atomic mass is 16.5. The fourth-order valence-electron chi connectivity index (χ4n) is 2.32. The number of rotatable bonds is 2. The summed E-state index contributed by atoms with van der Waals surface area (Å²) in [5.41, 5.74) is 7.85. The van der Waals surface area contributed by atoms with Gasteiger partial charge in [0.15, 0.2) is 0 Å². The fourth-order valence-corrected chi connectivity index (χ4v) is 2.32. The number of anilines is 1. The first-order chi connectivity index (χ1) is 7.22. The van der Waals surface area contributed by atoms with E-state index in [1.165, 1.54) is 18.4 Å². The van der Waals surface area contributed by atoms with Crippen LogP contribution in [0.1, 0.15) is 24.4 Å². The van der Waals surface area contributed by atoms with Crippen molar-refractivity contribution >= 4 is 5.69 Å². The van der Waals surface area contributed by atoms with E-state index in [0.717, 1.165) is 18.0 Å². The highest BCUT2D eigenvalue weighted by Crippen LogP contribution is 2.36. The van der Waals surface area contributed by atoms with Crippen LogP contribution in [-0.2, 0) is 0 Å². The third-order valence-corrected chi connectivity index (χ3v) is 3.13. The average molecular weight is 206 g/mol. The molecule has 0 radical (unpaired) electrons. The first-order valence-electron chi connectivity index (χ1n) is 5.36. The molecule has 1 aliphatic rings. The second-order valence-electron chi connectivity index (χ2n) is 4.14. The molecule has 82 valence electrons. The number of ether oxygens (including phenoxy) is 1. The van der Waals surface area contributed by atoms with Gasteiger partial charge in [-0.3, -0.25) is 4.90 Å². The van der Waals surface area contributed by atoms with E-state index >= 15 is 0 Å². The van der Waals surface area contributed by atoms with Crippen molar-refractivity contribution < 1.29 is 4.74 Å². The Morgan fingerprint density at radius 2 is 2.27 bits per heavy atom. The third kappa shape index (κ3) is 1.92. The monoisotopic (exact) mass is 206 g/mol. The normalized spacial score (nSPS) is 21.9. The van der Waals surface area contributed by atoms with Gasteiger partial charge in [-0.2, -0.15) is 0 Å². The third-order valence-electron chi connectivity index (χ3n) is 3.13. The molecule has 2 N–H and O–H groups in total. The highest BCUT2D eigenvalue weighted by molar-refractivity contribution is 5.49. The molecule has 0 aliphatic carbocycles. The van der Waals surface area contributed by atoms with Crippen molar-refractivity contribution in [2.75, 3.05) is 26.4 Å². The Balaban J connectivity index is 2.36. The summed E-state index contributed by atoms with van der Waals surface area (Å²) in [6, 6.07) is 6.34. The van der Waals surface area contributed by atoms with Gasteiger partial charge in [0.25, 0.3) is 0 Å². The van der Waals surface area contributed by atoms with E-state index < -0.39 is 0 Å². The molecular formula is C12H18N2O.